The van der Waals surface area contributed by atoms with Crippen LogP contribution in [0.15, 0.2) is 0 Å². The second kappa shape index (κ2) is 9.23. The summed E-state index contributed by atoms with van der Waals surface area (Å²) in [6.45, 7) is 11.3. The minimum atomic E-state index is 0.195. The van der Waals surface area contributed by atoms with E-state index in [0.717, 1.165) is 71.6 Å². The smallest absolute Gasteiger partial charge is 0.236 e. The van der Waals surface area contributed by atoms with Gasteiger partial charge >= 0.3 is 0 Å². The number of nitrogens with one attached hydrogen (secondary N) is 1. The lowest BCUT2D eigenvalue weighted by Gasteiger charge is -2.29. The van der Waals surface area contributed by atoms with Crippen molar-refractivity contribution in [3.05, 3.63) is 0 Å². The molecular weight excluding hydrogens is 292 g/mol. The van der Waals surface area contributed by atoms with Gasteiger partial charge in [-0.2, -0.15) is 0 Å². The van der Waals surface area contributed by atoms with Gasteiger partial charge in [-0.1, -0.05) is 0 Å². The minimum Gasteiger partial charge on any atom is -0.342 e. The second-order valence-electron chi connectivity index (χ2n) is 6.55. The lowest BCUT2D eigenvalue weighted by molar-refractivity contribution is -0.136. The van der Waals surface area contributed by atoms with E-state index in [1.165, 1.54) is 0 Å². The Morgan fingerprint density at radius 1 is 1.04 bits per heavy atom. The summed E-state index contributed by atoms with van der Waals surface area (Å²) in [4.78, 5) is 31.0. The second-order valence-corrected chi connectivity index (χ2v) is 6.55. The van der Waals surface area contributed by atoms with Gasteiger partial charge in [0.2, 0.25) is 11.8 Å². The summed E-state index contributed by atoms with van der Waals surface area (Å²) in [6.07, 6.45) is 2.88. The van der Waals surface area contributed by atoms with Crippen LogP contribution in [0.5, 0.6) is 0 Å². The standard InChI is InChI=1S/C17H32N4O2/c1-3-20(4-2)16(22)14-19-10-5-11-21(13-12-19)17(23)15-6-8-18-9-7-15/h15,18H,3-14H2,1-2H3. The summed E-state index contributed by atoms with van der Waals surface area (Å²) in [5.74, 6) is 0.719. The summed E-state index contributed by atoms with van der Waals surface area (Å²) in [7, 11) is 0. The van der Waals surface area contributed by atoms with Gasteiger partial charge in [0.25, 0.3) is 0 Å². The molecule has 2 saturated heterocycles. The highest BCUT2D eigenvalue weighted by molar-refractivity contribution is 5.79. The molecule has 2 aliphatic heterocycles. The van der Waals surface area contributed by atoms with Crippen LogP contribution in [-0.2, 0) is 9.59 Å². The number of amides is 2. The van der Waals surface area contributed by atoms with E-state index in [1.807, 2.05) is 23.6 Å². The lowest BCUT2D eigenvalue weighted by Crippen LogP contribution is -2.44. The topological polar surface area (TPSA) is 55.9 Å². The van der Waals surface area contributed by atoms with Gasteiger partial charge in [-0.05, 0) is 46.2 Å². The Kier molecular flexibility index (Phi) is 7.30. The highest BCUT2D eigenvalue weighted by Crippen LogP contribution is 2.16. The van der Waals surface area contributed by atoms with Crippen LogP contribution in [0.4, 0.5) is 0 Å². The van der Waals surface area contributed by atoms with Crippen molar-refractivity contribution in [3.8, 4) is 0 Å². The van der Waals surface area contributed by atoms with Gasteiger partial charge < -0.3 is 15.1 Å². The first-order chi connectivity index (χ1) is 11.2. The number of carbonyl (C=O) groups is 2. The maximum Gasteiger partial charge on any atom is 0.236 e. The maximum atomic E-state index is 12.6. The SMILES string of the molecule is CCN(CC)C(=O)CN1CCCN(C(=O)C2CCNCC2)CC1. The van der Waals surface area contributed by atoms with Crippen molar-refractivity contribution in [2.75, 3.05) is 58.9 Å². The van der Waals surface area contributed by atoms with E-state index in [9.17, 15) is 9.59 Å². The molecule has 132 valence electrons. The van der Waals surface area contributed by atoms with Crippen molar-refractivity contribution < 1.29 is 9.59 Å². The first-order valence-corrected chi connectivity index (χ1v) is 9.15. The fourth-order valence-corrected chi connectivity index (χ4v) is 3.54. The molecule has 2 fully saturated rings. The molecule has 0 aromatic carbocycles. The quantitative estimate of drug-likeness (QED) is 0.795. The third-order valence-electron chi connectivity index (χ3n) is 5.06. The third-order valence-corrected chi connectivity index (χ3v) is 5.06. The molecule has 0 atom stereocenters. The minimum absolute atomic E-state index is 0.195. The van der Waals surface area contributed by atoms with Gasteiger partial charge in [0.1, 0.15) is 0 Å². The predicted octanol–water partition coefficient (Wildman–Crippen LogP) is 0.389. The van der Waals surface area contributed by atoms with Crippen molar-refractivity contribution in [2.24, 2.45) is 5.92 Å². The van der Waals surface area contributed by atoms with E-state index >= 15 is 0 Å². The molecule has 23 heavy (non-hydrogen) atoms. The number of hydrogen-bond donors (Lipinski definition) is 1. The Labute approximate surface area is 140 Å². The summed E-state index contributed by atoms with van der Waals surface area (Å²) in [6, 6.07) is 0. The molecule has 0 radical (unpaired) electrons. The van der Waals surface area contributed by atoms with Crippen LogP contribution in [0.1, 0.15) is 33.1 Å². The average molecular weight is 324 g/mol. The van der Waals surface area contributed by atoms with Crippen molar-refractivity contribution >= 4 is 11.8 Å². The fraction of sp³-hybridized carbons (Fsp3) is 0.882. The normalized spacial score (nSPS) is 21.0. The number of likely N-dealkylation sites (N-methyl/N-ethyl adjacent to an activating group) is 1. The van der Waals surface area contributed by atoms with E-state index in [1.54, 1.807) is 0 Å². The Morgan fingerprint density at radius 2 is 1.74 bits per heavy atom. The monoisotopic (exact) mass is 324 g/mol. The molecule has 6 nitrogen and oxygen atoms in total. The number of rotatable bonds is 5. The Morgan fingerprint density at radius 3 is 2.39 bits per heavy atom. The number of piperidine rings is 1. The molecule has 0 saturated carbocycles. The van der Waals surface area contributed by atoms with Crippen LogP contribution < -0.4 is 5.32 Å². The van der Waals surface area contributed by atoms with Gasteiger partial charge in [0.15, 0.2) is 0 Å². The predicted molar refractivity (Wildman–Crippen MR) is 91.2 cm³/mol. The summed E-state index contributed by atoms with van der Waals surface area (Å²) in [5, 5.41) is 3.31. The average Bonchev–Trinajstić information content (AvgIpc) is 2.82. The van der Waals surface area contributed by atoms with Crippen molar-refractivity contribution in [1.82, 2.24) is 20.0 Å². The van der Waals surface area contributed by atoms with Gasteiger partial charge in [-0.25, -0.2) is 0 Å². The lowest BCUT2D eigenvalue weighted by atomic mass is 9.96. The van der Waals surface area contributed by atoms with E-state index in [-0.39, 0.29) is 11.8 Å². The highest BCUT2D eigenvalue weighted by atomic mass is 16.2. The van der Waals surface area contributed by atoms with Gasteiger partial charge in [-0.3, -0.25) is 14.5 Å². The molecule has 1 N–H and O–H groups in total. The molecule has 0 aromatic heterocycles. The summed E-state index contributed by atoms with van der Waals surface area (Å²) in [5.41, 5.74) is 0. The maximum absolute atomic E-state index is 12.6. The highest BCUT2D eigenvalue weighted by Gasteiger charge is 2.27. The molecule has 0 bridgehead atoms. The molecular formula is C17H32N4O2. The fourth-order valence-electron chi connectivity index (χ4n) is 3.54. The van der Waals surface area contributed by atoms with Crippen LogP contribution >= 0.6 is 0 Å². The van der Waals surface area contributed by atoms with Gasteiger partial charge in [-0.15, -0.1) is 0 Å². The first-order valence-electron chi connectivity index (χ1n) is 9.15. The van der Waals surface area contributed by atoms with Crippen LogP contribution in [0.2, 0.25) is 0 Å². The zero-order valence-corrected chi connectivity index (χ0v) is 14.7. The zero-order chi connectivity index (χ0) is 16.7. The molecule has 0 spiro atoms. The van der Waals surface area contributed by atoms with E-state index < -0.39 is 0 Å². The summed E-state index contributed by atoms with van der Waals surface area (Å²) < 4.78 is 0. The molecule has 2 heterocycles. The van der Waals surface area contributed by atoms with E-state index in [4.69, 9.17) is 0 Å². The molecule has 0 unspecified atom stereocenters. The molecule has 2 rings (SSSR count). The Balaban J connectivity index is 1.82. The number of nitrogens with zero attached hydrogens (tertiary/aromatic N) is 3. The van der Waals surface area contributed by atoms with Crippen molar-refractivity contribution in [2.45, 2.75) is 33.1 Å². The summed E-state index contributed by atoms with van der Waals surface area (Å²) >= 11 is 0. The van der Waals surface area contributed by atoms with E-state index in [2.05, 4.69) is 10.2 Å². The Bertz CT molecular complexity index is 392. The van der Waals surface area contributed by atoms with Gasteiger partial charge in [0.05, 0.1) is 6.54 Å². The van der Waals surface area contributed by atoms with Crippen LogP contribution in [0.25, 0.3) is 0 Å². The molecule has 2 aliphatic rings. The number of carbonyl (C=O) groups excluding carboxylic acids is 2. The van der Waals surface area contributed by atoms with E-state index in [0.29, 0.717) is 12.5 Å². The van der Waals surface area contributed by atoms with Crippen molar-refractivity contribution in [3.63, 3.8) is 0 Å². The van der Waals surface area contributed by atoms with Crippen molar-refractivity contribution in [1.29, 1.82) is 0 Å². The molecule has 0 aliphatic carbocycles. The first kappa shape index (κ1) is 18.2. The molecule has 0 aromatic rings. The number of hydrogen-bond acceptors (Lipinski definition) is 4. The van der Waals surface area contributed by atoms with Gasteiger partial charge in [0, 0.05) is 45.2 Å². The van der Waals surface area contributed by atoms with Crippen LogP contribution in [0.3, 0.4) is 0 Å². The van der Waals surface area contributed by atoms with Crippen LogP contribution in [0, 0.1) is 5.92 Å². The zero-order valence-electron chi connectivity index (χ0n) is 14.7. The molecule has 2 amide bonds. The Hall–Kier alpha value is -1.14. The van der Waals surface area contributed by atoms with Crippen LogP contribution in [-0.4, -0.2) is 85.4 Å². The molecule has 6 heteroatoms. The third kappa shape index (κ3) is 5.18. The largest absolute Gasteiger partial charge is 0.342 e.